The molecule has 4 heteroatoms. The highest BCUT2D eigenvalue weighted by Gasteiger charge is 2.42. The van der Waals surface area contributed by atoms with E-state index in [2.05, 4.69) is 12.0 Å². The van der Waals surface area contributed by atoms with Gasteiger partial charge >= 0.3 is 0 Å². The van der Waals surface area contributed by atoms with Gasteiger partial charge in [-0.15, -0.1) is 0 Å². The van der Waals surface area contributed by atoms with Crippen LogP contribution < -0.4 is 0 Å². The average Bonchev–Trinajstić information content (AvgIpc) is 3.05. The molecule has 1 aromatic carbocycles. The fourth-order valence-electron chi connectivity index (χ4n) is 3.15. The lowest BCUT2D eigenvalue weighted by Gasteiger charge is -2.17. The molecule has 1 aromatic heterocycles. The van der Waals surface area contributed by atoms with Gasteiger partial charge in [-0.25, -0.2) is 4.68 Å². The van der Waals surface area contributed by atoms with E-state index in [1.165, 1.54) is 0 Å². The first-order valence-corrected chi connectivity index (χ1v) is 7.38. The van der Waals surface area contributed by atoms with Crippen LogP contribution in [0.15, 0.2) is 42.6 Å². The summed E-state index contributed by atoms with van der Waals surface area (Å²) in [7, 11) is 0. The number of nitrogens with zero attached hydrogens (tertiary/aromatic N) is 2. The third kappa shape index (κ3) is 2.40. The highest BCUT2D eigenvalue weighted by atomic mass is 16.5. The molecule has 0 radical (unpaired) electrons. The second-order valence-electron chi connectivity index (χ2n) is 5.76. The van der Waals surface area contributed by atoms with Crippen LogP contribution >= 0.6 is 0 Å². The standard InChI is InChI=1S/C17H20N2O2/c1-11-12(2)21-13(3)16(11)17(20)15-9-10-18-19(15)14-7-5-4-6-8-14/h4-13,16H,1-3H3. The molecule has 2 aromatic rings. The predicted octanol–water partition coefficient (Wildman–Crippen LogP) is 3.11. The Morgan fingerprint density at radius 3 is 2.43 bits per heavy atom. The molecule has 4 unspecified atom stereocenters. The number of ketones is 1. The molecule has 1 aliphatic heterocycles. The van der Waals surface area contributed by atoms with E-state index in [4.69, 9.17) is 4.74 Å². The van der Waals surface area contributed by atoms with Gasteiger partial charge in [0.15, 0.2) is 5.78 Å². The molecule has 3 rings (SSSR count). The van der Waals surface area contributed by atoms with Crippen LogP contribution in [0.25, 0.3) is 5.69 Å². The van der Waals surface area contributed by atoms with Crippen molar-refractivity contribution in [3.63, 3.8) is 0 Å². The number of Topliss-reactive ketones (excluding diaryl/α,β-unsaturated/α-hetero) is 1. The van der Waals surface area contributed by atoms with E-state index in [-0.39, 0.29) is 29.8 Å². The molecule has 0 saturated carbocycles. The Balaban J connectivity index is 1.95. The van der Waals surface area contributed by atoms with Gasteiger partial charge in [-0.2, -0.15) is 5.10 Å². The Hall–Kier alpha value is -1.94. The Labute approximate surface area is 124 Å². The molecule has 1 aliphatic rings. The SMILES string of the molecule is CC1OC(C)C(C(=O)c2ccnn2-c2ccccc2)C1C. The Morgan fingerprint density at radius 2 is 1.81 bits per heavy atom. The van der Waals surface area contributed by atoms with E-state index in [0.29, 0.717) is 5.69 Å². The molecule has 0 bridgehead atoms. The van der Waals surface area contributed by atoms with Crippen molar-refractivity contribution >= 4 is 5.78 Å². The molecular weight excluding hydrogens is 264 g/mol. The van der Waals surface area contributed by atoms with Crippen molar-refractivity contribution in [3.05, 3.63) is 48.3 Å². The minimum absolute atomic E-state index is 0.0541. The lowest BCUT2D eigenvalue weighted by Crippen LogP contribution is -2.28. The van der Waals surface area contributed by atoms with E-state index in [9.17, 15) is 4.79 Å². The summed E-state index contributed by atoms with van der Waals surface area (Å²) in [4.78, 5) is 12.9. The van der Waals surface area contributed by atoms with Crippen LogP contribution in [0.4, 0.5) is 0 Å². The maximum atomic E-state index is 12.9. The summed E-state index contributed by atoms with van der Waals surface area (Å²) in [5.41, 5.74) is 1.53. The fraction of sp³-hybridized carbons (Fsp3) is 0.412. The Kier molecular flexibility index (Phi) is 3.64. The number of benzene rings is 1. The second kappa shape index (κ2) is 5.45. The topological polar surface area (TPSA) is 44.1 Å². The smallest absolute Gasteiger partial charge is 0.187 e. The van der Waals surface area contributed by atoms with Crippen LogP contribution in [-0.2, 0) is 4.74 Å². The highest BCUT2D eigenvalue weighted by molar-refractivity contribution is 5.97. The van der Waals surface area contributed by atoms with Crippen LogP contribution in [0.2, 0.25) is 0 Å². The van der Waals surface area contributed by atoms with Gasteiger partial charge in [0.05, 0.1) is 30.0 Å². The van der Waals surface area contributed by atoms with Gasteiger partial charge < -0.3 is 4.74 Å². The van der Waals surface area contributed by atoms with E-state index < -0.39 is 0 Å². The van der Waals surface area contributed by atoms with Crippen molar-refractivity contribution in [2.75, 3.05) is 0 Å². The van der Waals surface area contributed by atoms with Crippen molar-refractivity contribution in [3.8, 4) is 5.69 Å². The van der Waals surface area contributed by atoms with E-state index in [1.54, 1.807) is 16.9 Å². The molecule has 1 fully saturated rings. The maximum Gasteiger partial charge on any atom is 0.187 e. The second-order valence-corrected chi connectivity index (χ2v) is 5.76. The first-order chi connectivity index (χ1) is 10.1. The average molecular weight is 284 g/mol. The number of carbonyl (C=O) groups is 1. The summed E-state index contributed by atoms with van der Waals surface area (Å²) >= 11 is 0. The number of ether oxygens (including phenoxy) is 1. The molecule has 21 heavy (non-hydrogen) atoms. The molecule has 0 spiro atoms. The van der Waals surface area contributed by atoms with Gasteiger partial charge in [0.25, 0.3) is 0 Å². The van der Waals surface area contributed by atoms with Crippen molar-refractivity contribution in [2.24, 2.45) is 11.8 Å². The van der Waals surface area contributed by atoms with Crippen LogP contribution in [0, 0.1) is 11.8 Å². The molecule has 1 saturated heterocycles. The minimum Gasteiger partial charge on any atom is -0.374 e. The Bertz CT molecular complexity index is 635. The van der Waals surface area contributed by atoms with Crippen molar-refractivity contribution in [1.29, 1.82) is 0 Å². The molecule has 110 valence electrons. The van der Waals surface area contributed by atoms with Gasteiger partial charge in [0, 0.05) is 0 Å². The summed E-state index contributed by atoms with van der Waals surface area (Å²) < 4.78 is 7.51. The summed E-state index contributed by atoms with van der Waals surface area (Å²) in [5.74, 6) is 0.214. The first-order valence-electron chi connectivity index (χ1n) is 7.38. The van der Waals surface area contributed by atoms with Crippen molar-refractivity contribution in [2.45, 2.75) is 33.0 Å². The number of aromatic nitrogens is 2. The molecule has 0 aliphatic carbocycles. The van der Waals surface area contributed by atoms with E-state index in [0.717, 1.165) is 5.69 Å². The number of para-hydroxylation sites is 1. The molecule has 2 heterocycles. The quantitative estimate of drug-likeness (QED) is 0.813. The summed E-state index contributed by atoms with van der Waals surface area (Å²) in [6.45, 7) is 6.09. The van der Waals surface area contributed by atoms with Gasteiger partial charge in [0.1, 0.15) is 5.69 Å². The number of rotatable bonds is 3. The van der Waals surface area contributed by atoms with Gasteiger partial charge in [-0.3, -0.25) is 4.79 Å². The van der Waals surface area contributed by atoms with Gasteiger partial charge in [0.2, 0.25) is 0 Å². The van der Waals surface area contributed by atoms with Crippen LogP contribution in [0.5, 0.6) is 0 Å². The van der Waals surface area contributed by atoms with E-state index >= 15 is 0 Å². The van der Waals surface area contributed by atoms with Crippen LogP contribution in [0.1, 0.15) is 31.3 Å². The number of carbonyl (C=O) groups excluding carboxylic acids is 1. The zero-order chi connectivity index (χ0) is 15.0. The molecular formula is C17H20N2O2. The third-order valence-electron chi connectivity index (χ3n) is 4.44. The highest BCUT2D eigenvalue weighted by Crippen LogP contribution is 2.34. The predicted molar refractivity (Wildman–Crippen MR) is 80.6 cm³/mol. The molecule has 4 atom stereocenters. The van der Waals surface area contributed by atoms with Crippen LogP contribution in [0.3, 0.4) is 0 Å². The monoisotopic (exact) mass is 284 g/mol. The summed E-state index contributed by atoms with van der Waals surface area (Å²) in [6, 6.07) is 11.5. The largest absolute Gasteiger partial charge is 0.374 e. The third-order valence-corrected chi connectivity index (χ3v) is 4.44. The zero-order valence-electron chi connectivity index (χ0n) is 12.6. The Morgan fingerprint density at radius 1 is 1.10 bits per heavy atom. The fourth-order valence-corrected chi connectivity index (χ4v) is 3.15. The summed E-state index contributed by atoms with van der Waals surface area (Å²) in [5, 5.41) is 4.30. The maximum absolute atomic E-state index is 12.9. The number of hydrogen-bond acceptors (Lipinski definition) is 3. The summed E-state index contributed by atoms with van der Waals surface area (Å²) in [6.07, 6.45) is 1.73. The lowest BCUT2D eigenvalue weighted by atomic mass is 9.85. The number of hydrogen-bond donors (Lipinski definition) is 0. The van der Waals surface area contributed by atoms with Gasteiger partial charge in [-0.1, -0.05) is 25.1 Å². The normalized spacial score (nSPS) is 28.7. The molecule has 0 amide bonds. The molecule has 0 N–H and O–H groups in total. The van der Waals surface area contributed by atoms with Gasteiger partial charge in [-0.05, 0) is 38.0 Å². The minimum atomic E-state index is -0.112. The zero-order valence-corrected chi connectivity index (χ0v) is 12.6. The van der Waals surface area contributed by atoms with Crippen molar-refractivity contribution < 1.29 is 9.53 Å². The lowest BCUT2D eigenvalue weighted by molar-refractivity contribution is 0.0489. The first kappa shape index (κ1) is 14.0. The molecule has 4 nitrogen and oxygen atoms in total. The van der Waals surface area contributed by atoms with Crippen LogP contribution in [-0.4, -0.2) is 27.8 Å². The van der Waals surface area contributed by atoms with E-state index in [1.807, 2.05) is 44.2 Å². The van der Waals surface area contributed by atoms with Crippen molar-refractivity contribution in [1.82, 2.24) is 9.78 Å².